The van der Waals surface area contributed by atoms with Crippen molar-refractivity contribution in [2.75, 3.05) is 28.4 Å². The lowest BCUT2D eigenvalue weighted by molar-refractivity contribution is 0.397. The molecule has 28 heavy (non-hydrogen) atoms. The van der Waals surface area contributed by atoms with Gasteiger partial charge in [-0.15, -0.1) is 0 Å². The van der Waals surface area contributed by atoms with Crippen LogP contribution in [0.2, 0.25) is 0 Å². The number of ether oxygens (including phenoxy) is 4. The van der Waals surface area contributed by atoms with Gasteiger partial charge in [0, 0.05) is 17.7 Å². The average molecular weight is 393 g/mol. The van der Waals surface area contributed by atoms with Gasteiger partial charge >= 0.3 is 0 Å². The molecule has 142 valence electrons. The Morgan fingerprint density at radius 2 is 0.893 bits per heavy atom. The fraction of sp³-hybridized carbons (Fsp3) is 0.174. The van der Waals surface area contributed by atoms with Gasteiger partial charge in [-0.1, -0.05) is 18.2 Å². The zero-order valence-corrected chi connectivity index (χ0v) is 17.1. The van der Waals surface area contributed by atoms with Crippen molar-refractivity contribution >= 4 is 31.5 Å². The highest BCUT2D eigenvalue weighted by molar-refractivity contribution is 7.24. The van der Waals surface area contributed by atoms with Crippen LogP contribution in [0.4, 0.5) is 0 Å². The minimum Gasteiger partial charge on any atom is -0.496 e. The summed E-state index contributed by atoms with van der Waals surface area (Å²) in [6, 6.07) is 18.0. The molecule has 1 heterocycles. The molecule has 0 spiro atoms. The normalized spacial score (nSPS) is 10.9. The molecule has 0 unspecified atom stereocenters. The molecular weight excluding hydrogens is 372 g/mol. The number of hydrogen-bond acceptors (Lipinski definition) is 4. The van der Waals surface area contributed by atoms with Crippen LogP contribution in [-0.2, 0) is 0 Å². The molecule has 0 aliphatic carbocycles. The third kappa shape index (κ3) is 2.79. The zero-order valence-electron chi connectivity index (χ0n) is 16.2. The SMILES string of the molecule is COc1cccc(OC)c1-c1c2c(OC)cccc2[s+]c2cccc(OC)c12. The molecule has 0 amide bonds. The van der Waals surface area contributed by atoms with E-state index in [1.54, 1.807) is 39.8 Å². The van der Waals surface area contributed by atoms with E-state index in [9.17, 15) is 0 Å². The van der Waals surface area contributed by atoms with Gasteiger partial charge in [0.1, 0.15) is 23.0 Å². The molecule has 0 bridgehead atoms. The first-order valence-electron chi connectivity index (χ1n) is 8.84. The van der Waals surface area contributed by atoms with Gasteiger partial charge in [-0.3, -0.25) is 0 Å². The maximum absolute atomic E-state index is 5.74. The molecule has 4 aromatic rings. The lowest BCUT2D eigenvalue weighted by atomic mass is 9.95. The summed E-state index contributed by atoms with van der Waals surface area (Å²) >= 11 is 1.70. The third-order valence-corrected chi connectivity index (χ3v) is 5.93. The van der Waals surface area contributed by atoms with Crippen molar-refractivity contribution in [2.24, 2.45) is 0 Å². The molecule has 0 fully saturated rings. The van der Waals surface area contributed by atoms with E-state index < -0.39 is 0 Å². The van der Waals surface area contributed by atoms with E-state index in [1.165, 1.54) is 0 Å². The summed E-state index contributed by atoms with van der Waals surface area (Å²) in [5.41, 5.74) is 1.86. The van der Waals surface area contributed by atoms with E-state index in [2.05, 4.69) is 12.1 Å². The molecule has 1 aromatic heterocycles. The molecule has 0 saturated carbocycles. The monoisotopic (exact) mass is 393 g/mol. The van der Waals surface area contributed by atoms with Crippen molar-refractivity contribution in [2.45, 2.75) is 0 Å². The smallest absolute Gasteiger partial charge is 0.243 e. The van der Waals surface area contributed by atoms with Gasteiger partial charge in [0.2, 0.25) is 20.7 Å². The van der Waals surface area contributed by atoms with Crippen molar-refractivity contribution in [3.8, 4) is 34.1 Å². The summed E-state index contributed by atoms with van der Waals surface area (Å²) in [5, 5.41) is 2.02. The van der Waals surface area contributed by atoms with E-state index in [1.807, 2.05) is 42.5 Å². The first-order valence-corrected chi connectivity index (χ1v) is 9.66. The summed E-state index contributed by atoms with van der Waals surface area (Å²) in [5.74, 6) is 3.05. The second kappa shape index (κ2) is 7.52. The third-order valence-electron chi connectivity index (χ3n) is 4.81. The first kappa shape index (κ1) is 18.3. The Morgan fingerprint density at radius 1 is 0.500 bits per heavy atom. The van der Waals surface area contributed by atoms with E-state index >= 15 is 0 Å². The van der Waals surface area contributed by atoms with E-state index in [-0.39, 0.29) is 0 Å². The van der Waals surface area contributed by atoms with Gasteiger partial charge in [0.05, 0.1) is 44.8 Å². The maximum Gasteiger partial charge on any atom is 0.243 e. The van der Waals surface area contributed by atoms with Crippen molar-refractivity contribution in [1.29, 1.82) is 0 Å². The summed E-state index contributed by atoms with van der Waals surface area (Å²) in [6.07, 6.45) is 0. The maximum atomic E-state index is 5.74. The van der Waals surface area contributed by atoms with Crippen LogP contribution in [0.1, 0.15) is 0 Å². The lowest BCUT2D eigenvalue weighted by Gasteiger charge is -2.17. The van der Waals surface area contributed by atoms with Crippen molar-refractivity contribution in [1.82, 2.24) is 0 Å². The Labute approximate surface area is 167 Å². The predicted molar refractivity (Wildman–Crippen MR) is 115 cm³/mol. The second-order valence-corrected chi connectivity index (χ2v) is 7.27. The molecule has 0 N–H and O–H groups in total. The molecule has 3 aromatic carbocycles. The van der Waals surface area contributed by atoms with Crippen LogP contribution in [0.15, 0.2) is 54.6 Å². The zero-order chi connectivity index (χ0) is 19.7. The van der Waals surface area contributed by atoms with E-state index in [0.717, 1.165) is 54.3 Å². The largest absolute Gasteiger partial charge is 0.496 e. The number of fused-ring (bicyclic) bond motifs is 2. The van der Waals surface area contributed by atoms with Crippen molar-refractivity contribution in [3.63, 3.8) is 0 Å². The highest BCUT2D eigenvalue weighted by Gasteiger charge is 2.28. The van der Waals surface area contributed by atoms with Crippen LogP contribution in [0.3, 0.4) is 0 Å². The van der Waals surface area contributed by atoms with Crippen molar-refractivity contribution in [3.05, 3.63) is 54.6 Å². The molecular formula is C23H21O4S+. The molecule has 0 atom stereocenters. The summed E-state index contributed by atoms with van der Waals surface area (Å²) < 4.78 is 25.2. The Bertz CT molecular complexity index is 1090. The summed E-state index contributed by atoms with van der Waals surface area (Å²) in [7, 11) is 6.72. The Hall–Kier alpha value is -3.05. The van der Waals surface area contributed by atoms with Crippen LogP contribution in [0, 0.1) is 0 Å². The predicted octanol–water partition coefficient (Wildman–Crippen LogP) is 6.04. The van der Waals surface area contributed by atoms with Gasteiger partial charge < -0.3 is 18.9 Å². The van der Waals surface area contributed by atoms with Gasteiger partial charge in [-0.25, -0.2) is 0 Å². The van der Waals surface area contributed by atoms with Crippen LogP contribution in [-0.4, -0.2) is 28.4 Å². The molecule has 4 nitrogen and oxygen atoms in total. The lowest BCUT2D eigenvalue weighted by Crippen LogP contribution is -1.97. The number of methoxy groups -OCH3 is 4. The number of rotatable bonds is 5. The van der Waals surface area contributed by atoms with Crippen LogP contribution in [0.5, 0.6) is 23.0 Å². The topological polar surface area (TPSA) is 36.9 Å². The van der Waals surface area contributed by atoms with E-state index in [4.69, 9.17) is 18.9 Å². The molecule has 0 aliphatic heterocycles. The van der Waals surface area contributed by atoms with Crippen molar-refractivity contribution < 1.29 is 18.9 Å². The molecule has 5 heteroatoms. The first-order chi connectivity index (χ1) is 13.7. The van der Waals surface area contributed by atoms with Gasteiger partial charge in [-0.2, -0.15) is 0 Å². The van der Waals surface area contributed by atoms with Crippen LogP contribution in [0.25, 0.3) is 31.3 Å². The number of hydrogen-bond donors (Lipinski definition) is 0. The van der Waals surface area contributed by atoms with Crippen LogP contribution >= 0.6 is 11.3 Å². The quantitative estimate of drug-likeness (QED) is 0.306. The Morgan fingerprint density at radius 3 is 1.32 bits per heavy atom. The second-order valence-electron chi connectivity index (χ2n) is 6.18. The molecule has 0 aliphatic rings. The fourth-order valence-corrected chi connectivity index (χ4v) is 4.76. The van der Waals surface area contributed by atoms with Crippen LogP contribution < -0.4 is 18.9 Å². The standard InChI is InChI=1S/C23H21O4S/c1-24-14-8-5-9-15(25-2)20(14)23-21-16(26-3)10-6-12-18(21)28-19-13-7-11-17(27-4)22(19)23/h5-13H,1-4H3/q+1. The molecule has 0 saturated heterocycles. The fourth-order valence-electron chi connectivity index (χ4n) is 3.62. The van der Waals surface area contributed by atoms with Gasteiger partial charge in [-0.05, 0) is 24.3 Å². The van der Waals surface area contributed by atoms with E-state index in [0.29, 0.717) is 0 Å². The minimum absolute atomic E-state index is 0.731. The summed E-state index contributed by atoms with van der Waals surface area (Å²) in [4.78, 5) is 0. The summed E-state index contributed by atoms with van der Waals surface area (Å²) in [6.45, 7) is 0. The average Bonchev–Trinajstić information content (AvgIpc) is 2.75. The Balaban J connectivity index is 2.32. The number of benzene rings is 3. The van der Waals surface area contributed by atoms with Gasteiger partial charge in [0.25, 0.3) is 0 Å². The minimum atomic E-state index is 0.731. The molecule has 4 rings (SSSR count). The molecule has 0 radical (unpaired) electrons. The van der Waals surface area contributed by atoms with Gasteiger partial charge in [0.15, 0.2) is 0 Å². The highest BCUT2D eigenvalue weighted by Crippen LogP contribution is 2.51. The Kier molecular flexibility index (Phi) is 4.92. The highest BCUT2D eigenvalue weighted by atomic mass is 32.1.